The summed E-state index contributed by atoms with van der Waals surface area (Å²) in [5.74, 6) is -0.460. The number of amides is 1. The van der Waals surface area contributed by atoms with Crippen LogP contribution < -0.4 is 10.6 Å². The summed E-state index contributed by atoms with van der Waals surface area (Å²) < 4.78 is 0. The van der Waals surface area contributed by atoms with Crippen LogP contribution >= 0.6 is 11.6 Å². The number of nitriles is 1. The van der Waals surface area contributed by atoms with Crippen molar-refractivity contribution in [2.24, 2.45) is 0 Å². The second-order valence-electron chi connectivity index (χ2n) is 7.21. The van der Waals surface area contributed by atoms with Gasteiger partial charge >= 0.3 is 0 Å². The van der Waals surface area contributed by atoms with Gasteiger partial charge in [0.1, 0.15) is 11.6 Å². The number of carbonyl (C=O) groups excluding carboxylic acids is 1. The van der Waals surface area contributed by atoms with Gasteiger partial charge < -0.3 is 10.6 Å². The Balaban J connectivity index is 1.69. The van der Waals surface area contributed by atoms with Crippen LogP contribution in [0.1, 0.15) is 48.1 Å². The first-order valence-corrected chi connectivity index (χ1v) is 9.91. The van der Waals surface area contributed by atoms with Gasteiger partial charge in [0.15, 0.2) is 0 Å². The van der Waals surface area contributed by atoms with Crippen molar-refractivity contribution in [3.8, 4) is 6.07 Å². The molecule has 0 fully saturated rings. The molecule has 5 heteroatoms. The zero-order valence-corrected chi connectivity index (χ0v) is 16.9. The number of nitrogens with one attached hydrogen (secondary N) is 2. The first-order chi connectivity index (χ1) is 13.5. The highest BCUT2D eigenvalue weighted by Crippen LogP contribution is 2.25. The molecule has 0 saturated heterocycles. The van der Waals surface area contributed by atoms with Crippen molar-refractivity contribution in [3.05, 3.63) is 75.4 Å². The van der Waals surface area contributed by atoms with Gasteiger partial charge in [0.25, 0.3) is 5.91 Å². The largest absolute Gasteiger partial charge is 0.383 e. The van der Waals surface area contributed by atoms with Gasteiger partial charge in [-0.25, -0.2) is 0 Å². The minimum Gasteiger partial charge on any atom is -0.383 e. The van der Waals surface area contributed by atoms with Crippen molar-refractivity contribution in [1.82, 2.24) is 5.32 Å². The van der Waals surface area contributed by atoms with Crippen LogP contribution in [0.5, 0.6) is 0 Å². The van der Waals surface area contributed by atoms with Gasteiger partial charge in [0, 0.05) is 23.0 Å². The van der Waals surface area contributed by atoms with Crippen LogP contribution in [0.15, 0.2) is 48.2 Å². The number of hydrogen-bond donors (Lipinski definition) is 2. The molecule has 0 saturated carbocycles. The third kappa shape index (κ3) is 4.74. The molecule has 144 valence electrons. The number of carbonyl (C=O) groups is 1. The van der Waals surface area contributed by atoms with E-state index in [1.165, 1.54) is 30.2 Å². The van der Waals surface area contributed by atoms with Crippen molar-refractivity contribution in [1.29, 1.82) is 5.26 Å². The number of halogens is 1. The van der Waals surface area contributed by atoms with Crippen molar-refractivity contribution in [2.75, 3.05) is 5.32 Å². The number of benzene rings is 2. The van der Waals surface area contributed by atoms with E-state index in [9.17, 15) is 10.1 Å². The van der Waals surface area contributed by atoms with Crippen LogP contribution in [-0.4, -0.2) is 5.91 Å². The maximum Gasteiger partial charge on any atom is 0.267 e. The molecule has 4 nitrogen and oxygen atoms in total. The number of nitrogens with zero attached hydrogens (tertiary/aromatic N) is 1. The minimum atomic E-state index is -0.460. The molecular weight excluding hydrogens is 370 g/mol. The van der Waals surface area contributed by atoms with Crippen molar-refractivity contribution in [2.45, 2.75) is 45.6 Å². The molecule has 0 aliphatic heterocycles. The van der Waals surface area contributed by atoms with Gasteiger partial charge in [-0.1, -0.05) is 35.9 Å². The monoisotopic (exact) mass is 393 g/mol. The number of aryl methyl sites for hydroxylation is 3. The van der Waals surface area contributed by atoms with E-state index in [1.807, 2.05) is 26.0 Å². The standard InChI is InChI=1S/C23H24ClN3O/c1-15-7-10-21(24)12-22(15)27-23(28)20(13-25)14-26-16(2)18-9-8-17-5-3-4-6-19(17)11-18/h7-12,14,16,26H,3-6H2,1-2H3,(H,27,28)/b20-14-. The molecule has 2 aromatic carbocycles. The molecular formula is C23H24ClN3O. The summed E-state index contributed by atoms with van der Waals surface area (Å²) in [5.41, 5.74) is 5.50. The Hall–Kier alpha value is -2.77. The molecule has 1 amide bonds. The van der Waals surface area contributed by atoms with Crippen LogP contribution in [0.4, 0.5) is 5.69 Å². The Morgan fingerprint density at radius 1 is 1.18 bits per heavy atom. The smallest absolute Gasteiger partial charge is 0.267 e. The Morgan fingerprint density at radius 2 is 1.93 bits per heavy atom. The Labute approximate surface area is 171 Å². The second-order valence-corrected chi connectivity index (χ2v) is 7.64. The first-order valence-electron chi connectivity index (χ1n) is 9.53. The van der Waals surface area contributed by atoms with E-state index < -0.39 is 5.91 Å². The summed E-state index contributed by atoms with van der Waals surface area (Å²) in [4.78, 5) is 12.5. The predicted octanol–water partition coefficient (Wildman–Crippen LogP) is 5.22. The molecule has 28 heavy (non-hydrogen) atoms. The molecule has 2 N–H and O–H groups in total. The van der Waals surface area contributed by atoms with E-state index in [1.54, 1.807) is 12.1 Å². The lowest BCUT2D eigenvalue weighted by atomic mass is 9.89. The number of hydrogen-bond acceptors (Lipinski definition) is 3. The van der Waals surface area contributed by atoms with Crippen LogP contribution in [0.25, 0.3) is 0 Å². The number of rotatable bonds is 5. The van der Waals surface area contributed by atoms with Crippen molar-refractivity contribution in [3.63, 3.8) is 0 Å². The second kappa shape index (κ2) is 8.95. The molecule has 1 unspecified atom stereocenters. The fourth-order valence-electron chi connectivity index (χ4n) is 3.39. The molecule has 0 radical (unpaired) electrons. The van der Waals surface area contributed by atoms with Crippen LogP contribution in [0.3, 0.4) is 0 Å². The molecule has 3 rings (SSSR count). The third-order valence-corrected chi connectivity index (χ3v) is 5.40. The Kier molecular flexibility index (Phi) is 6.38. The molecule has 0 heterocycles. The third-order valence-electron chi connectivity index (χ3n) is 5.16. The van der Waals surface area contributed by atoms with E-state index >= 15 is 0 Å². The average Bonchev–Trinajstić information content (AvgIpc) is 2.70. The molecule has 1 aliphatic carbocycles. The quantitative estimate of drug-likeness (QED) is 0.540. The fraction of sp³-hybridized carbons (Fsp3) is 0.304. The first kappa shape index (κ1) is 20.0. The van der Waals surface area contributed by atoms with Gasteiger partial charge in [-0.3, -0.25) is 4.79 Å². The lowest BCUT2D eigenvalue weighted by Gasteiger charge is -2.19. The summed E-state index contributed by atoms with van der Waals surface area (Å²) in [6, 6.07) is 13.8. The highest BCUT2D eigenvalue weighted by molar-refractivity contribution is 6.31. The van der Waals surface area contributed by atoms with Crippen molar-refractivity contribution < 1.29 is 4.79 Å². The van der Waals surface area contributed by atoms with Gasteiger partial charge in [0.2, 0.25) is 0 Å². The van der Waals surface area contributed by atoms with Crippen LogP contribution in [-0.2, 0) is 17.6 Å². The molecule has 0 bridgehead atoms. The molecule has 1 aliphatic rings. The predicted molar refractivity (Wildman–Crippen MR) is 113 cm³/mol. The summed E-state index contributed by atoms with van der Waals surface area (Å²) in [6.45, 7) is 3.90. The van der Waals surface area contributed by atoms with Gasteiger partial charge in [-0.05, 0) is 73.9 Å². The summed E-state index contributed by atoms with van der Waals surface area (Å²) >= 11 is 5.99. The molecule has 1 atom stereocenters. The SMILES string of the molecule is Cc1ccc(Cl)cc1NC(=O)/C(C#N)=C\NC(C)c1ccc2c(c1)CCCC2. The zero-order valence-electron chi connectivity index (χ0n) is 16.2. The van der Waals surface area contributed by atoms with E-state index in [2.05, 4.69) is 28.8 Å². The van der Waals surface area contributed by atoms with E-state index in [0.29, 0.717) is 10.7 Å². The zero-order chi connectivity index (χ0) is 20.1. The maximum absolute atomic E-state index is 12.5. The van der Waals surface area contributed by atoms with E-state index in [-0.39, 0.29) is 11.6 Å². The van der Waals surface area contributed by atoms with Crippen molar-refractivity contribution >= 4 is 23.2 Å². The number of anilines is 1. The minimum absolute atomic E-state index is 0.00344. The summed E-state index contributed by atoms with van der Waals surface area (Å²) in [7, 11) is 0. The lowest BCUT2D eigenvalue weighted by Crippen LogP contribution is -2.19. The average molecular weight is 394 g/mol. The highest BCUT2D eigenvalue weighted by Gasteiger charge is 2.14. The van der Waals surface area contributed by atoms with Crippen LogP contribution in [0, 0.1) is 18.3 Å². The maximum atomic E-state index is 12.5. The normalized spacial score (nSPS) is 14.6. The molecule has 2 aromatic rings. The van der Waals surface area contributed by atoms with E-state index in [0.717, 1.165) is 24.0 Å². The van der Waals surface area contributed by atoms with Gasteiger partial charge in [0.05, 0.1) is 0 Å². The lowest BCUT2D eigenvalue weighted by molar-refractivity contribution is -0.112. The number of fused-ring (bicyclic) bond motifs is 1. The van der Waals surface area contributed by atoms with Crippen LogP contribution in [0.2, 0.25) is 5.02 Å². The molecule has 0 aromatic heterocycles. The summed E-state index contributed by atoms with van der Waals surface area (Å²) in [5, 5.41) is 15.9. The fourth-order valence-corrected chi connectivity index (χ4v) is 3.57. The Morgan fingerprint density at radius 3 is 2.68 bits per heavy atom. The topological polar surface area (TPSA) is 64.9 Å². The highest BCUT2D eigenvalue weighted by atomic mass is 35.5. The van der Waals surface area contributed by atoms with Gasteiger partial charge in [-0.15, -0.1) is 0 Å². The van der Waals surface area contributed by atoms with E-state index in [4.69, 9.17) is 11.6 Å². The summed E-state index contributed by atoms with van der Waals surface area (Å²) in [6.07, 6.45) is 6.25. The van der Waals surface area contributed by atoms with Gasteiger partial charge in [-0.2, -0.15) is 5.26 Å². The Bertz CT molecular complexity index is 959. The molecule has 0 spiro atoms.